The molecule has 14 heteroatoms. The van der Waals surface area contributed by atoms with Crippen molar-refractivity contribution in [1.82, 2.24) is 0 Å². The summed E-state index contributed by atoms with van der Waals surface area (Å²) in [5.74, 6) is 0.0996. The zero-order valence-electron chi connectivity index (χ0n) is 31.7. The third-order valence-corrected chi connectivity index (χ3v) is 14.0. The molecule has 1 heterocycles. The molecule has 7 atom stereocenters. The fourth-order valence-electron chi connectivity index (χ4n) is 10.6. The van der Waals surface area contributed by atoms with Gasteiger partial charge in [0.25, 0.3) is 0 Å². The Labute approximate surface area is 344 Å². The Morgan fingerprint density at radius 1 is 0.860 bits per heavy atom. The van der Waals surface area contributed by atoms with E-state index in [0.717, 1.165) is 82.3 Å². The maximum atomic E-state index is 12.8. The number of hydrogen-bond donors (Lipinski definition) is 3. The summed E-state index contributed by atoms with van der Waals surface area (Å²) in [6.45, 7) is 15.6. The summed E-state index contributed by atoms with van der Waals surface area (Å²) < 4.78 is 81.5. The Kier molecular flexibility index (Phi) is 14.1. The zero-order valence-corrected chi connectivity index (χ0v) is 37.3. The predicted molar refractivity (Wildman–Crippen MR) is 183 cm³/mol. The second-order valence-electron chi connectivity index (χ2n) is 16.8. The Morgan fingerprint density at radius 3 is 2.14 bits per heavy atom. The van der Waals surface area contributed by atoms with Gasteiger partial charge in [-0.1, -0.05) is 45.3 Å². The first-order valence-corrected chi connectivity index (χ1v) is 20.3. The molecule has 0 amide bonds. The number of aliphatic hydroxyl groups is 1. The summed E-state index contributed by atoms with van der Waals surface area (Å²) in [4.78, 5) is 0. The molecular formula is C36H56Na2O10S2+2. The van der Waals surface area contributed by atoms with Gasteiger partial charge in [0.15, 0.2) is 0 Å². The minimum absolute atomic E-state index is 0. The zero-order chi connectivity index (χ0) is 35.6. The second-order valence-corrected chi connectivity index (χ2v) is 18.8. The molecule has 0 bridgehead atoms. The molecule has 3 N–H and O–H groups in total. The van der Waals surface area contributed by atoms with Gasteiger partial charge >= 0.3 is 79.9 Å². The number of allylic oxidation sites excluding steroid dienone is 2. The van der Waals surface area contributed by atoms with Crippen LogP contribution in [0.25, 0.3) is 0 Å². The monoisotopic (exact) mass is 758 g/mol. The summed E-state index contributed by atoms with van der Waals surface area (Å²) in [5.41, 5.74) is 0.923. The van der Waals surface area contributed by atoms with Crippen LogP contribution in [0.5, 0.6) is 11.5 Å². The fraction of sp³-hybridized carbons (Fsp3) is 0.778. The van der Waals surface area contributed by atoms with Gasteiger partial charge in [-0.05, 0) is 139 Å². The van der Waals surface area contributed by atoms with Crippen molar-refractivity contribution < 1.29 is 103 Å². The smallest absolute Gasteiger partial charge is 0.389 e. The Morgan fingerprint density at radius 2 is 1.50 bits per heavy atom. The minimum Gasteiger partial charge on any atom is -0.389 e. The molecule has 2 saturated carbocycles. The third kappa shape index (κ3) is 9.21. The van der Waals surface area contributed by atoms with E-state index in [4.69, 9.17) is 13.1 Å². The van der Waals surface area contributed by atoms with Crippen LogP contribution < -0.4 is 67.5 Å². The van der Waals surface area contributed by atoms with Crippen molar-refractivity contribution >= 4 is 20.8 Å². The first-order valence-electron chi connectivity index (χ1n) is 17.6. The van der Waals surface area contributed by atoms with Crippen LogP contribution >= 0.6 is 0 Å². The predicted octanol–water partition coefficient (Wildman–Crippen LogP) is 1.82. The van der Waals surface area contributed by atoms with Gasteiger partial charge in [0, 0.05) is 11.0 Å². The van der Waals surface area contributed by atoms with E-state index < -0.39 is 26.4 Å². The molecule has 3 fully saturated rings. The molecular weight excluding hydrogens is 702 g/mol. The Hall–Kier alpha value is 0.300. The maximum Gasteiger partial charge on any atom is 1.00 e. The SMILES string of the molecule is CC1=C(Cc2cc(OS(=O)(=O)O)ccc2OS(=O)(=O)O)[C@]2(C)CCC[C@@](C)(CC[C@@]3(O)[C@H](C)CCC4OC(C)(C)CCC[C@@]43C)C2CC1.[Na+].[Na+]. The fourth-order valence-corrected chi connectivity index (χ4v) is 11.3. The van der Waals surface area contributed by atoms with Crippen molar-refractivity contribution in [3.8, 4) is 11.5 Å². The van der Waals surface area contributed by atoms with Gasteiger partial charge < -0.3 is 18.2 Å². The first kappa shape index (κ1) is 44.7. The van der Waals surface area contributed by atoms with E-state index in [1.807, 2.05) is 0 Å². The Balaban J connectivity index is 0.00000338. The average molecular weight is 759 g/mol. The molecule has 1 aromatic carbocycles. The maximum absolute atomic E-state index is 12.8. The van der Waals surface area contributed by atoms with E-state index in [9.17, 15) is 31.0 Å². The van der Waals surface area contributed by atoms with Crippen LogP contribution in [-0.2, 0) is 32.0 Å². The molecule has 3 aliphatic carbocycles. The van der Waals surface area contributed by atoms with Gasteiger partial charge in [-0.25, -0.2) is 0 Å². The van der Waals surface area contributed by atoms with Crippen LogP contribution in [0.4, 0.5) is 0 Å². The van der Waals surface area contributed by atoms with Gasteiger partial charge in [0.2, 0.25) is 0 Å². The van der Waals surface area contributed by atoms with Crippen molar-refractivity contribution in [2.45, 2.75) is 149 Å². The van der Waals surface area contributed by atoms with E-state index in [-0.39, 0.29) is 117 Å². The third-order valence-electron chi connectivity index (χ3n) is 13.3. The van der Waals surface area contributed by atoms with Crippen molar-refractivity contribution in [3.63, 3.8) is 0 Å². The average Bonchev–Trinajstić information content (AvgIpc) is 3.07. The van der Waals surface area contributed by atoms with Crippen molar-refractivity contribution in [1.29, 1.82) is 0 Å². The minimum atomic E-state index is -4.87. The molecule has 272 valence electrons. The quantitative estimate of drug-likeness (QED) is 0.193. The van der Waals surface area contributed by atoms with E-state index in [2.05, 4.69) is 48.5 Å². The van der Waals surface area contributed by atoms with Crippen molar-refractivity contribution in [2.75, 3.05) is 0 Å². The molecule has 0 spiro atoms. The molecule has 1 aliphatic heterocycles. The summed E-state index contributed by atoms with van der Waals surface area (Å²) in [7, 11) is -9.69. The first-order chi connectivity index (χ1) is 22.0. The molecule has 0 aromatic heterocycles. The number of fused-ring (bicyclic) bond motifs is 2. The summed E-state index contributed by atoms with van der Waals surface area (Å²) in [6, 6.07) is 3.70. The van der Waals surface area contributed by atoms with Crippen molar-refractivity contribution in [3.05, 3.63) is 34.9 Å². The van der Waals surface area contributed by atoms with Gasteiger partial charge in [-0.3, -0.25) is 9.11 Å². The van der Waals surface area contributed by atoms with Crippen LogP contribution in [-0.4, -0.2) is 48.4 Å². The van der Waals surface area contributed by atoms with Crippen LogP contribution in [0.2, 0.25) is 0 Å². The normalized spacial score (nSPS) is 35.8. The number of rotatable bonds is 9. The van der Waals surface area contributed by atoms with Crippen molar-refractivity contribution in [2.24, 2.45) is 28.1 Å². The standard InChI is InChI=1S/C36H56O10S2.2Na/c1-24-10-14-30-33(5,20-21-36(37)25(2)11-15-31-35(36,7)19-8-16-32(3,4)44-31)17-9-18-34(30,6)28(24)23-26-22-27(45-47(38,39)40)12-13-29(26)46-48(41,42)43;;/h12-13,22,25,30-31,37H,8-11,14-21,23H2,1-7H3,(H,38,39,40)(H,41,42,43);;/q;2*+1/t25-,30?,31?,33+,34+,35+,36-;;/m1../s1. The van der Waals surface area contributed by atoms with E-state index >= 15 is 0 Å². The second kappa shape index (κ2) is 15.8. The molecule has 10 nitrogen and oxygen atoms in total. The van der Waals surface area contributed by atoms with Crippen LogP contribution in [0, 0.1) is 28.1 Å². The Bertz CT molecular complexity index is 1650. The van der Waals surface area contributed by atoms with Gasteiger partial charge in [-0.15, -0.1) is 0 Å². The van der Waals surface area contributed by atoms with Gasteiger partial charge in [0.1, 0.15) is 11.5 Å². The molecule has 2 unspecified atom stereocenters. The van der Waals surface area contributed by atoms with E-state index in [1.165, 1.54) is 17.7 Å². The summed E-state index contributed by atoms with van der Waals surface area (Å²) in [6.07, 6.45) is 11.5. The van der Waals surface area contributed by atoms with E-state index in [0.29, 0.717) is 12.0 Å². The number of benzene rings is 1. The molecule has 1 aromatic rings. The number of hydrogen-bond acceptors (Lipinski definition) is 8. The van der Waals surface area contributed by atoms with E-state index in [1.54, 1.807) is 0 Å². The summed E-state index contributed by atoms with van der Waals surface area (Å²) in [5, 5.41) is 12.8. The van der Waals surface area contributed by atoms with Crippen LogP contribution in [0.1, 0.15) is 131 Å². The van der Waals surface area contributed by atoms with Gasteiger partial charge in [0.05, 0.1) is 17.3 Å². The van der Waals surface area contributed by atoms with Crippen LogP contribution in [0.15, 0.2) is 29.3 Å². The topological polar surface area (TPSA) is 157 Å². The van der Waals surface area contributed by atoms with Crippen LogP contribution in [0.3, 0.4) is 0 Å². The molecule has 5 rings (SSSR count). The number of ether oxygens (including phenoxy) is 1. The molecule has 4 aliphatic rings. The largest absolute Gasteiger partial charge is 1.00 e. The molecule has 50 heavy (non-hydrogen) atoms. The molecule has 0 radical (unpaired) electrons. The summed E-state index contributed by atoms with van der Waals surface area (Å²) >= 11 is 0. The molecule has 1 saturated heterocycles. The van der Waals surface area contributed by atoms with Gasteiger partial charge in [-0.2, -0.15) is 16.8 Å².